The van der Waals surface area contributed by atoms with E-state index in [0.29, 0.717) is 25.5 Å². The smallest absolute Gasteiger partial charge is 0.269 e. The van der Waals surface area contributed by atoms with E-state index in [0.717, 1.165) is 11.3 Å². The first kappa shape index (κ1) is 15.2. The molecule has 0 aliphatic carbocycles. The van der Waals surface area contributed by atoms with Gasteiger partial charge in [0.25, 0.3) is 5.91 Å². The Labute approximate surface area is 123 Å². The molecule has 1 aromatic rings. The third kappa shape index (κ3) is 3.90. The highest BCUT2D eigenvalue weighted by Crippen LogP contribution is 2.37. The lowest BCUT2D eigenvalue weighted by Crippen LogP contribution is -2.35. The van der Waals surface area contributed by atoms with Crippen molar-refractivity contribution in [2.75, 3.05) is 18.9 Å². The lowest BCUT2D eigenvalue weighted by atomic mass is 10.1. The van der Waals surface area contributed by atoms with Crippen molar-refractivity contribution in [3.8, 4) is 5.75 Å². The molecule has 2 atom stereocenters. The van der Waals surface area contributed by atoms with Crippen molar-refractivity contribution >= 4 is 17.1 Å². The zero-order valence-corrected chi connectivity index (χ0v) is 12.7. The molecule has 0 saturated heterocycles. The van der Waals surface area contributed by atoms with Crippen LogP contribution in [0.2, 0.25) is 0 Å². The van der Waals surface area contributed by atoms with Crippen molar-refractivity contribution in [3.05, 3.63) is 29.8 Å². The number of amides is 1. The molecule has 0 saturated carbocycles. The van der Waals surface area contributed by atoms with Crippen LogP contribution in [-0.2, 0) is 16.0 Å². The van der Waals surface area contributed by atoms with Gasteiger partial charge in [0, 0.05) is 18.5 Å². The van der Waals surface area contributed by atoms with Crippen molar-refractivity contribution in [1.82, 2.24) is 5.32 Å². The van der Waals surface area contributed by atoms with Crippen molar-refractivity contribution in [2.45, 2.75) is 25.5 Å². The Kier molecular flexibility index (Phi) is 5.31. The molecular formula is C15H21NO3S. The predicted molar refractivity (Wildman–Crippen MR) is 80.2 cm³/mol. The normalized spacial score (nSPS) is 19.1. The molecule has 5 heteroatoms. The number of hydrogen-bond donors (Lipinski definition) is 1. The van der Waals surface area contributed by atoms with E-state index in [-0.39, 0.29) is 16.9 Å². The van der Waals surface area contributed by atoms with Crippen molar-refractivity contribution in [1.29, 1.82) is 0 Å². The summed E-state index contributed by atoms with van der Waals surface area (Å²) in [5, 5.41) is 2.71. The van der Waals surface area contributed by atoms with Crippen LogP contribution >= 0.6 is 0 Å². The Morgan fingerprint density at radius 1 is 1.50 bits per heavy atom. The van der Waals surface area contributed by atoms with Crippen LogP contribution in [0.5, 0.6) is 5.75 Å². The maximum absolute atomic E-state index is 12.4. The van der Waals surface area contributed by atoms with Crippen LogP contribution in [0, 0.1) is 5.92 Å². The summed E-state index contributed by atoms with van der Waals surface area (Å²) in [6.07, 6.45) is 0.696. The Balaban J connectivity index is 1.96. The van der Waals surface area contributed by atoms with Gasteiger partial charge in [0.05, 0.1) is 6.61 Å². The van der Waals surface area contributed by atoms with E-state index in [2.05, 4.69) is 5.32 Å². The van der Waals surface area contributed by atoms with Crippen LogP contribution < -0.4 is 10.1 Å². The summed E-state index contributed by atoms with van der Waals surface area (Å²) in [5.74, 6) is 1.11. The van der Waals surface area contributed by atoms with Gasteiger partial charge < -0.3 is 14.6 Å². The molecule has 1 heterocycles. The standard InChI is InChI=1S/C15H21NO3S/c1-11(2)9-16-15(17)10-20(18)14-7-8-19-13-6-4-3-5-12(13)14/h3-6,11,14H,7-10H2,1-2H3,(H,16,17). The highest BCUT2D eigenvalue weighted by molar-refractivity contribution is 7.92. The first-order chi connectivity index (χ1) is 9.58. The summed E-state index contributed by atoms with van der Waals surface area (Å²) >= 11 is -1.20. The Morgan fingerprint density at radius 2 is 2.25 bits per heavy atom. The molecule has 2 rings (SSSR count). The van der Waals surface area contributed by atoms with E-state index < -0.39 is 11.2 Å². The number of carbonyl (C=O) groups excluding carboxylic acids is 1. The van der Waals surface area contributed by atoms with Gasteiger partial charge in [-0.1, -0.05) is 32.0 Å². The second-order valence-electron chi connectivity index (χ2n) is 5.39. The number of fused-ring (bicyclic) bond motifs is 1. The van der Waals surface area contributed by atoms with Gasteiger partial charge in [0.1, 0.15) is 11.0 Å². The zero-order valence-electron chi connectivity index (χ0n) is 11.9. The maximum atomic E-state index is 12.4. The molecule has 0 bridgehead atoms. The molecule has 4 nitrogen and oxygen atoms in total. The van der Waals surface area contributed by atoms with Crippen LogP contribution in [0.4, 0.5) is 0 Å². The highest BCUT2D eigenvalue weighted by Gasteiger charge is 2.32. The highest BCUT2D eigenvalue weighted by atomic mass is 32.2. The molecule has 0 fully saturated rings. The summed E-state index contributed by atoms with van der Waals surface area (Å²) in [7, 11) is 0. The first-order valence-electron chi connectivity index (χ1n) is 6.93. The van der Waals surface area contributed by atoms with Crippen molar-refractivity contribution in [2.24, 2.45) is 5.92 Å². The van der Waals surface area contributed by atoms with E-state index in [1.807, 2.05) is 38.1 Å². The summed E-state index contributed by atoms with van der Waals surface area (Å²) in [6.45, 7) is 5.25. The largest absolute Gasteiger partial charge is 0.615 e. The van der Waals surface area contributed by atoms with Gasteiger partial charge in [-0.25, -0.2) is 0 Å². The summed E-state index contributed by atoms with van der Waals surface area (Å²) in [6, 6.07) is 7.64. The summed E-state index contributed by atoms with van der Waals surface area (Å²) in [4.78, 5) is 11.8. The lowest BCUT2D eigenvalue weighted by molar-refractivity contribution is -0.118. The topological polar surface area (TPSA) is 61.4 Å². The van der Waals surface area contributed by atoms with Crippen molar-refractivity contribution < 1.29 is 14.1 Å². The van der Waals surface area contributed by atoms with E-state index in [1.165, 1.54) is 0 Å². The molecule has 110 valence electrons. The molecule has 0 aromatic heterocycles. The minimum atomic E-state index is -1.20. The zero-order chi connectivity index (χ0) is 14.5. The number of rotatable bonds is 5. The number of hydrogen-bond acceptors (Lipinski definition) is 3. The molecule has 1 aromatic carbocycles. The number of para-hydroxylation sites is 1. The van der Waals surface area contributed by atoms with Gasteiger partial charge >= 0.3 is 0 Å². The van der Waals surface area contributed by atoms with Crippen LogP contribution in [0.15, 0.2) is 24.3 Å². The third-order valence-corrected chi connectivity index (χ3v) is 4.87. The quantitative estimate of drug-likeness (QED) is 0.846. The van der Waals surface area contributed by atoms with Gasteiger partial charge in [0.15, 0.2) is 5.75 Å². The van der Waals surface area contributed by atoms with Crippen LogP contribution in [-0.4, -0.2) is 29.4 Å². The SMILES string of the molecule is CC(C)CNC(=O)C[S+]([O-])C1CCOc2ccccc21. The average molecular weight is 295 g/mol. The van der Waals surface area contributed by atoms with E-state index in [4.69, 9.17) is 4.74 Å². The van der Waals surface area contributed by atoms with Gasteiger partial charge in [-0.15, -0.1) is 0 Å². The van der Waals surface area contributed by atoms with Gasteiger partial charge in [-0.05, 0) is 23.2 Å². The summed E-state index contributed by atoms with van der Waals surface area (Å²) < 4.78 is 18.0. The molecule has 1 N–H and O–H groups in total. The predicted octanol–water partition coefficient (Wildman–Crippen LogP) is 2.03. The van der Waals surface area contributed by atoms with Crippen molar-refractivity contribution in [3.63, 3.8) is 0 Å². The fourth-order valence-electron chi connectivity index (χ4n) is 2.18. The monoisotopic (exact) mass is 295 g/mol. The van der Waals surface area contributed by atoms with E-state index >= 15 is 0 Å². The molecule has 1 aliphatic rings. The fourth-order valence-corrected chi connectivity index (χ4v) is 3.58. The fraction of sp³-hybridized carbons (Fsp3) is 0.533. The Morgan fingerprint density at radius 3 is 3.00 bits per heavy atom. The Hall–Kier alpha value is -1.20. The molecule has 1 amide bonds. The first-order valence-corrected chi connectivity index (χ1v) is 8.31. The third-order valence-electron chi connectivity index (χ3n) is 3.20. The second kappa shape index (κ2) is 6.99. The van der Waals surface area contributed by atoms with Gasteiger partial charge in [-0.3, -0.25) is 4.79 Å². The minimum Gasteiger partial charge on any atom is -0.615 e. The number of benzene rings is 1. The van der Waals surface area contributed by atoms with Crippen LogP contribution in [0.25, 0.3) is 0 Å². The number of nitrogens with one attached hydrogen (secondary N) is 1. The number of carbonyl (C=O) groups is 1. The Bertz CT molecular complexity index is 464. The number of ether oxygens (including phenoxy) is 1. The van der Waals surface area contributed by atoms with E-state index in [1.54, 1.807) is 0 Å². The lowest BCUT2D eigenvalue weighted by Gasteiger charge is -2.27. The maximum Gasteiger partial charge on any atom is 0.269 e. The molecular weight excluding hydrogens is 274 g/mol. The van der Waals surface area contributed by atoms with Crippen LogP contribution in [0.3, 0.4) is 0 Å². The van der Waals surface area contributed by atoms with Gasteiger partial charge in [0.2, 0.25) is 0 Å². The van der Waals surface area contributed by atoms with E-state index in [9.17, 15) is 9.35 Å². The molecule has 0 spiro atoms. The van der Waals surface area contributed by atoms with Gasteiger partial charge in [-0.2, -0.15) is 0 Å². The molecule has 20 heavy (non-hydrogen) atoms. The average Bonchev–Trinajstić information content (AvgIpc) is 2.44. The van der Waals surface area contributed by atoms with Crippen LogP contribution in [0.1, 0.15) is 31.1 Å². The summed E-state index contributed by atoms with van der Waals surface area (Å²) in [5.41, 5.74) is 0.953. The second-order valence-corrected chi connectivity index (χ2v) is 7.01. The molecule has 0 radical (unpaired) electrons. The minimum absolute atomic E-state index is 0.0612. The molecule has 1 aliphatic heterocycles. The molecule has 2 unspecified atom stereocenters.